The van der Waals surface area contributed by atoms with Crippen LogP contribution < -0.4 is 9.46 Å². The lowest BCUT2D eigenvalue weighted by Crippen LogP contribution is -2.23. The van der Waals surface area contributed by atoms with Gasteiger partial charge in [-0.05, 0) is 30.4 Å². The summed E-state index contributed by atoms with van der Waals surface area (Å²) < 4.78 is 30.8. The second-order valence-corrected chi connectivity index (χ2v) is 7.71. The Labute approximate surface area is 127 Å². The minimum Gasteiger partial charge on any atom is -0.488 e. The van der Waals surface area contributed by atoms with Gasteiger partial charge in [0.05, 0.1) is 22.9 Å². The predicted octanol–water partition coefficient (Wildman–Crippen LogP) is 2.24. The van der Waals surface area contributed by atoms with E-state index in [9.17, 15) is 18.5 Å². The number of thioether (sulfide) groups is 1. The molecule has 2 rings (SSSR count). The Morgan fingerprint density at radius 2 is 2.05 bits per heavy atom. The van der Waals surface area contributed by atoms with Crippen molar-refractivity contribution < 1.29 is 18.1 Å². The Balaban J connectivity index is 2.28. The van der Waals surface area contributed by atoms with E-state index in [1.165, 1.54) is 18.2 Å². The first-order valence-corrected chi connectivity index (χ1v) is 9.40. The zero-order valence-corrected chi connectivity index (χ0v) is 13.1. The van der Waals surface area contributed by atoms with E-state index in [1.54, 1.807) is 0 Å². The number of nitro benzene ring substituents is 1. The van der Waals surface area contributed by atoms with Gasteiger partial charge in [-0.25, -0.2) is 8.42 Å². The van der Waals surface area contributed by atoms with E-state index in [-0.39, 0.29) is 23.2 Å². The predicted molar refractivity (Wildman–Crippen MR) is 82.5 cm³/mol. The molecule has 9 heteroatoms. The van der Waals surface area contributed by atoms with Crippen molar-refractivity contribution in [2.45, 2.75) is 18.9 Å². The molecule has 0 spiro atoms. The van der Waals surface area contributed by atoms with Crippen LogP contribution in [0.2, 0.25) is 0 Å². The van der Waals surface area contributed by atoms with Crippen LogP contribution >= 0.6 is 11.8 Å². The van der Waals surface area contributed by atoms with Gasteiger partial charge in [-0.2, -0.15) is 11.8 Å². The number of benzene rings is 1. The number of nitro groups is 1. The first-order valence-electron chi connectivity index (χ1n) is 6.36. The first kappa shape index (κ1) is 15.9. The molecule has 0 radical (unpaired) electrons. The summed E-state index contributed by atoms with van der Waals surface area (Å²) in [4.78, 5) is 10.3. The normalized spacial score (nSPS) is 16.4. The molecule has 116 valence electrons. The lowest BCUT2D eigenvalue weighted by Gasteiger charge is -2.24. The van der Waals surface area contributed by atoms with Crippen LogP contribution in [0.15, 0.2) is 18.2 Å². The summed E-state index contributed by atoms with van der Waals surface area (Å²) in [6.07, 6.45) is 2.65. The molecule has 0 unspecified atom stereocenters. The van der Waals surface area contributed by atoms with Crippen LogP contribution in [0, 0.1) is 10.1 Å². The summed E-state index contributed by atoms with van der Waals surface area (Å²) in [6.45, 7) is 0. The fourth-order valence-corrected chi connectivity index (χ4v) is 3.61. The van der Waals surface area contributed by atoms with Crippen molar-refractivity contribution in [2.24, 2.45) is 0 Å². The number of nitrogens with one attached hydrogen (secondary N) is 1. The molecule has 1 N–H and O–H groups in total. The van der Waals surface area contributed by atoms with Gasteiger partial charge in [-0.15, -0.1) is 0 Å². The van der Waals surface area contributed by atoms with Gasteiger partial charge in [-0.3, -0.25) is 14.8 Å². The zero-order chi connectivity index (χ0) is 15.5. The molecule has 0 bridgehead atoms. The molecule has 1 aromatic rings. The molecular weight excluding hydrogens is 316 g/mol. The zero-order valence-electron chi connectivity index (χ0n) is 11.4. The number of rotatable bonds is 5. The van der Waals surface area contributed by atoms with Crippen LogP contribution in [0.4, 0.5) is 11.4 Å². The molecule has 21 heavy (non-hydrogen) atoms. The minimum absolute atomic E-state index is 0.0478. The molecule has 0 aromatic heterocycles. The van der Waals surface area contributed by atoms with Gasteiger partial charge in [0.1, 0.15) is 6.10 Å². The molecule has 0 amide bonds. The number of anilines is 1. The molecule has 1 aromatic carbocycles. The molecule has 0 aliphatic carbocycles. The third-order valence-electron chi connectivity index (χ3n) is 2.93. The fraction of sp³-hybridized carbons (Fsp3) is 0.500. The van der Waals surface area contributed by atoms with Crippen LogP contribution in [0.1, 0.15) is 12.8 Å². The maximum atomic E-state index is 11.4. The highest BCUT2D eigenvalue weighted by Gasteiger charge is 2.20. The quantitative estimate of drug-likeness (QED) is 0.656. The van der Waals surface area contributed by atoms with Gasteiger partial charge in [0.2, 0.25) is 10.0 Å². The lowest BCUT2D eigenvalue weighted by molar-refractivity contribution is -0.384. The average molecular weight is 332 g/mol. The smallest absolute Gasteiger partial charge is 0.273 e. The highest BCUT2D eigenvalue weighted by Crippen LogP contribution is 2.32. The highest BCUT2D eigenvalue weighted by atomic mass is 32.2. The summed E-state index contributed by atoms with van der Waals surface area (Å²) in [7, 11) is -3.48. The van der Waals surface area contributed by atoms with E-state index in [2.05, 4.69) is 4.72 Å². The molecule has 7 nitrogen and oxygen atoms in total. The third-order valence-corrected chi connectivity index (χ3v) is 4.57. The van der Waals surface area contributed by atoms with Crippen LogP contribution in [0.25, 0.3) is 0 Å². The Hall–Kier alpha value is -1.48. The maximum Gasteiger partial charge on any atom is 0.273 e. The second-order valence-electron chi connectivity index (χ2n) is 4.74. The summed E-state index contributed by atoms with van der Waals surface area (Å²) in [6, 6.07) is 3.86. The second kappa shape index (κ2) is 6.52. The molecular formula is C12H16N2O5S2. The Morgan fingerprint density at radius 3 is 2.62 bits per heavy atom. The molecule has 1 aliphatic heterocycles. The number of ether oxygens (including phenoxy) is 1. The molecule has 0 atom stereocenters. The van der Waals surface area contributed by atoms with Gasteiger partial charge in [0.25, 0.3) is 5.69 Å². The molecule has 1 aliphatic rings. The number of sulfonamides is 1. The minimum atomic E-state index is -3.48. The average Bonchev–Trinajstić information content (AvgIpc) is 2.40. The molecule has 0 saturated carbocycles. The van der Waals surface area contributed by atoms with Gasteiger partial charge in [0.15, 0.2) is 5.75 Å². The summed E-state index contributed by atoms with van der Waals surface area (Å²) in [5.41, 5.74) is 0.0931. The topological polar surface area (TPSA) is 98.5 Å². The molecule has 1 heterocycles. The van der Waals surface area contributed by atoms with Gasteiger partial charge < -0.3 is 4.74 Å². The van der Waals surface area contributed by atoms with Crippen molar-refractivity contribution in [3.63, 3.8) is 0 Å². The van der Waals surface area contributed by atoms with E-state index in [0.29, 0.717) is 0 Å². The van der Waals surface area contributed by atoms with Crippen molar-refractivity contribution in [2.75, 3.05) is 22.5 Å². The SMILES string of the molecule is CS(=O)(=O)Nc1ccc([N+](=O)[O-])cc1OC1CCSCC1. The Bertz CT molecular complexity index is 627. The van der Waals surface area contributed by atoms with Crippen molar-refractivity contribution in [3.8, 4) is 5.75 Å². The lowest BCUT2D eigenvalue weighted by atomic mass is 10.2. The van der Waals surface area contributed by atoms with Crippen LogP contribution in [0.3, 0.4) is 0 Å². The Kier molecular flexibility index (Phi) is 4.94. The van der Waals surface area contributed by atoms with Gasteiger partial charge in [-0.1, -0.05) is 0 Å². The van der Waals surface area contributed by atoms with E-state index >= 15 is 0 Å². The van der Waals surface area contributed by atoms with Crippen LogP contribution in [-0.4, -0.2) is 37.2 Å². The third kappa shape index (κ3) is 4.78. The van der Waals surface area contributed by atoms with Crippen molar-refractivity contribution in [1.29, 1.82) is 0 Å². The monoisotopic (exact) mass is 332 g/mol. The van der Waals surface area contributed by atoms with Crippen LogP contribution in [0.5, 0.6) is 5.75 Å². The first-order chi connectivity index (χ1) is 9.85. The van der Waals surface area contributed by atoms with Crippen LogP contribution in [-0.2, 0) is 10.0 Å². The Morgan fingerprint density at radius 1 is 1.38 bits per heavy atom. The number of non-ortho nitro benzene ring substituents is 1. The molecule has 1 fully saturated rings. The number of hydrogen-bond acceptors (Lipinski definition) is 6. The standard InChI is InChI=1S/C12H16N2O5S2/c1-21(17,18)13-11-3-2-9(14(15)16)8-12(11)19-10-4-6-20-7-5-10/h2-3,8,10,13H,4-7H2,1H3. The van der Waals surface area contributed by atoms with Gasteiger partial charge in [0, 0.05) is 6.07 Å². The number of hydrogen-bond donors (Lipinski definition) is 1. The largest absolute Gasteiger partial charge is 0.488 e. The van der Waals surface area contributed by atoms with Crippen molar-refractivity contribution >= 4 is 33.2 Å². The van der Waals surface area contributed by atoms with Crippen molar-refractivity contribution in [1.82, 2.24) is 0 Å². The summed E-state index contributed by atoms with van der Waals surface area (Å²) in [5, 5.41) is 10.8. The number of nitrogens with zero attached hydrogens (tertiary/aromatic N) is 1. The fourth-order valence-electron chi connectivity index (χ4n) is 1.98. The highest BCUT2D eigenvalue weighted by molar-refractivity contribution is 7.99. The van der Waals surface area contributed by atoms with E-state index < -0.39 is 14.9 Å². The maximum absolute atomic E-state index is 11.4. The van der Waals surface area contributed by atoms with E-state index in [1.807, 2.05) is 11.8 Å². The van der Waals surface area contributed by atoms with E-state index in [0.717, 1.165) is 30.6 Å². The summed E-state index contributed by atoms with van der Waals surface area (Å²) in [5.74, 6) is 2.13. The molecule has 1 saturated heterocycles. The van der Waals surface area contributed by atoms with Gasteiger partial charge >= 0.3 is 0 Å². The summed E-state index contributed by atoms with van der Waals surface area (Å²) >= 11 is 1.83. The van der Waals surface area contributed by atoms with E-state index in [4.69, 9.17) is 4.74 Å². The van der Waals surface area contributed by atoms with Crippen molar-refractivity contribution in [3.05, 3.63) is 28.3 Å².